The number of carbonyl (C=O) groups is 1. The van der Waals surface area contributed by atoms with E-state index < -0.39 is 48.2 Å². The zero-order valence-corrected chi connectivity index (χ0v) is 23.7. The van der Waals surface area contributed by atoms with Gasteiger partial charge in [-0.15, -0.1) is 11.8 Å². The number of nitrogens with one attached hydrogen (secondary N) is 1. The normalized spacial score (nSPS) is 12.9. The number of hydrogen-bond acceptors (Lipinski definition) is 5. The first-order valence-electron chi connectivity index (χ1n) is 13.1. The lowest BCUT2D eigenvalue weighted by Gasteiger charge is -2.18. The van der Waals surface area contributed by atoms with Gasteiger partial charge < -0.3 is 20.1 Å². The maximum Gasteiger partial charge on any atom is 0.416 e. The minimum Gasteiger partial charge on any atom is -0.407 e. The fourth-order valence-corrected chi connectivity index (χ4v) is 5.34. The van der Waals surface area contributed by atoms with Gasteiger partial charge in [0.25, 0.3) is 5.91 Å². The van der Waals surface area contributed by atoms with Crippen LogP contribution in [0.2, 0.25) is 0 Å². The Morgan fingerprint density at radius 1 is 1.10 bits per heavy atom. The maximum absolute atomic E-state index is 13.6. The molecule has 4 rings (SSSR count). The molecule has 1 amide bonds. The molecule has 0 spiro atoms. The highest BCUT2D eigenvalue weighted by molar-refractivity contribution is 7.99. The van der Waals surface area contributed by atoms with E-state index in [-0.39, 0.29) is 24.1 Å². The summed E-state index contributed by atoms with van der Waals surface area (Å²) in [5, 5.41) is 22.2. The van der Waals surface area contributed by atoms with Crippen LogP contribution in [-0.2, 0) is 19.1 Å². The van der Waals surface area contributed by atoms with Crippen LogP contribution in [0.25, 0.3) is 10.9 Å². The molecule has 2 aromatic carbocycles. The van der Waals surface area contributed by atoms with Gasteiger partial charge in [0, 0.05) is 50.8 Å². The van der Waals surface area contributed by atoms with Gasteiger partial charge in [-0.25, -0.2) is 8.78 Å². The molecule has 1 unspecified atom stereocenters. The second-order valence-electron chi connectivity index (χ2n) is 10.5. The Balaban J connectivity index is 1.57. The van der Waals surface area contributed by atoms with Crippen molar-refractivity contribution in [2.24, 2.45) is 0 Å². The van der Waals surface area contributed by atoms with Gasteiger partial charge in [0.2, 0.25) is 0 Å². The van der Waals surface area contributed by atoms with Crippen molar-refractivity contribution in [3.05, 3.63) is 94.7 Å². The monoisotopic (exact) mass is 603 g/mol. The highest BCUT2D eigenvalue weighted by Crippen LogP contribution is 2.34. The summed E-state index contributed by atoms with van der Waals surface area (Å²) >= 11 is 1.42. The van der Waals surface area contributed by atoms with E-state index >= 15 is 0 Å². The molecule has 0 radical (unpaired) electrons. The summed E-state index contributed by atoms with van der Waals surface area (Å²) in [4.78, 5) is 18.2. The van der Waals surface area contributed by atoms with Gasteiger partial charge in [-0.3, -0.25) is 9.78 Å². The summed E-state index contributed by atoms with van der Waals surface area (Å²) in [6.07, 6.45) is -3.41. The number of rotatable bonds is 11. The van der Waals surface area contributed by atoms with Gasteiger partial charge >= 0.3 is 6.18 Å². The van der Waals surface area contributed by atoms with Gasteiger partial charge in [0.15, 0.2) is 0 Å². The number of carbonyl (C=O) groups excluding carboxylic acids is 1. The molecule has 0 saturated heterocycles. The van der Waals surface area contributed by atoms with Gasteiger partial charge in [-0.2, -0.15) is 13.2 Å². The third-order valence-electron chi connectivity index (χ3n) is 6.50. The summed E-state index contributed by atoms with van der Waals surface area (Å²) in [6, 6.07) is 11.3. The van der Waals surface area contributed by atoms with E-state index in [0.29, 0.717) is 34.1 Å². The topological polar surface area (TPSA) is 87.4 Å². The van der Waals surface area contributed by atoms with Crippen molar-refractivity contribution in [3.8, 4) is 0 Å². The fourth-order valence-electron chi connectivity index (χ4n) is 4.52. The quantitative estimate of drug-likeness (QED) is 0.139. The summed E-state index contributed by atoms with van der Waals surface area (Å²) in [7, 11) is 3.39. The van der Waals surface area contributed by atoms with E-state index in [2.05, 4.69) is 10.3 Å². The summed E-state index contributed by atoms with van der Waals surface area (Å²) in [5.74, 6) is -1.07. The molecule has 0 fully saturated rings. The highest BCUT2D eigenvalue weighted by atomic mass is 32.2. The number of amides is 1. The minimum absolute atomic E-state index is 0.116. The molecule has 3 N–H and O–H groups in total. The second kappa shape index (κ2) is 12.9. The number of fused-ring (bicyclic) bond motifs is 1. The van der Waals surface area contributed by atoms with Crippen LogP contribution in [0.5, 0.6) is 0 Å². The lowest BCUT2D eigenvalue weighted by Crippen LogP contribution is -2.32. The van der Waals surface area contributed by atoms with E-state index in [9.17, 15) is 37.0 Å². The Morgan fingerprint density at radius 3 is 2.48 bits per heavy atom. The summed E-state index contributed by atoms with van der Waals surface area (Å²) < 4.78 is 69.3. The van der Waals surface area contributed by atoms with Crippen LogP contribution in [0.3, 0.4) is 0 Å². The number of aromatic nitrogens is 2. The average molecular weight is 603 g/mol. The van der Waals surface area contributed by atoms with Crippen molar-refractivity contribution in [3.63, 3.8) is 0 Å². The molecule has 14 heteroatoms. The van der Waals surface area contributed by atoms with Crippen molar-refractivity contribution >= 4 is 44.3 Å². The van der Waals surface area contributed by atoms with Gasteiger partial charge in [0.1, 0.15) is 28.2 Å². The molecule has 0 aliphatic heterocycles. The molecule has 4 aromatic rings. The van der Waals surface area contributed by atoms with Gasteiger partial charge in [-0.1, -0.05) is 6.07 Å². The molecule has 6 nitrogen and oxygen atoms in total. The van der Waals surface area contributed by atoms with E-state index in [1.807, 2.05) is 0 Å². The fraction of sp³-hybridized carbons (Fsp3) is 0.286. The number of halogens is 5. The Kier molecular flexibility index (Phi) is 9.69. The van der Waals surface area contributed by atoms with Crippen molar-refractivity contribution in [1.29, 1.82) is 0 Å². The third kappa shape index (κ3) is 7.73. The smallest absolute Gasteiger partial charge is 0.407 e. The maximum atomic E-state index is 13.6. The SMILES string of the molecule is BC(B)(O)CSc1ccc(C(CO)NC(=O)c2ccc3c(c2)cc(Cc2ccc(F)cc2C(F)(F)F)n3CCF)nc1. The van der Waals surface area contributed by atoms with Crippen LogP contribution in [0.4, 0.5) is 22.0 Å². The zero-order valence-electron chi connectivity index (χ0n) is 22.9. The number of thioether (sulfide) groups is 1. The molecule has 2 heterocycles. The Labute approximate surface area is 245 Å². The Bertz CT molecular complexity index is 1560. The van der Waals surface area contributed by atoms with E-state index in [1.165, 1.54) is 23.9 Å². The number of benzene rings is 2. The predicted molar refractivity (Wildman–Crippen MR) is 156 cm³/mol. The van der Waals surface area contributed by atoms with Crippen molar-refractivity contribution in [2.45, 2.75) is 35.5 Å². The summed E-state index contributed by atoms with van der Waals surface area (Å²) in [5.41, 5.74) is 0.280. The number of aryl methyl sites for hydroxylation is 1. The molecule has 0 aliphatic carbocycles. The molecule has 220 valence electrons. The van der Waals surface area contributed by atoms with Crippen molar-refractivity contribution in [2.75, 3.05) is 19.0 Å². The van der Waals surface area contributed by atoms with Crippen LogP contribution in [0.15, 0.2) is 65.7 Å². The number of pyridine rings is 1. The standard InChI is InChI=1S/C28H28B2F5N3O3S/c29-27(30,41)15-42-21-4-5-23(36-13-21)24(14-39)37-26(40)17-2-6-25-18(9-17)11-20(38(25)8-7-31)10-16-1-3-19(32)12-22(16)28(33,34)35/h1-6,9,11-13,24,39,41H,7-8,10,14-15,29-30H2,(H,37,40). The first-order valence-corrected chi connectivity index (χ1v) is 14.0. The molecule has 2 aromatic heterocycles. The van der Waals surface area contributed by atoms with E-state index in [4.69, 9.17) is 0 Å². The van der Waals surface area contributed by atoms with Crippen molar-refractivity contribution < 1.29 is 37.0 Å². The van der Waals surface area contributed by atoms with Crippen LogP contribution in [-0.4, -0.2) is 65.8 Å². The lowest BCUT2D eigenvalue weighted by molar-refractivity contribution is -0.138. The van der Waals surface area contributed by atoms with Crippen LogP contribution >= 0.6 is 11.8 Å². The first-order chi connectivity index (χ1) is 19.8. The second-order valence-corrected chi connectivity index (χ2v) is 11.5. The van der Waals surface area contributed by atoms with Crippen LogP contribution < -0.4 is 5.32 Å². The van der Waals surface area contributed by atoms with Crippen LogP contribution in [0, 0.1) is 5.82 Å². The number of aliphatic hydroxyl groups is 2. The average Bonchev–Trinajstić information content (AvgIpc) is 3.27. The summed E-state index contributed by atoms with van der Waals surface area (Å²) in [6.45, 7) is -1.31. The van der Waals surface area contributed by atoms with Gasteiger partial charge in [-0.05, 0) is 54.1 Å². The number of alkyl halides is 4. The number of nitrogens with zero attached hydrogens (tertiary/aromatic N) is 2. The molecular formula is C28H28B2F5N3O3S. The molecule has 42 heavy (non-hydrogen) atoms. The first kappa shape index (κ1) is 31.6. The molecule has 0 bridgehead atoms. The molecule has 1 atom stereocenters. The Morgan fingerprint density at radius 2 is 1.86 bits per heavy atom. The highest BCUT2D eigenvalue weighted by Gasteiger charge is 2.34. The zero-order chi connectivity index (χ0) is 30.7. The lowest BCUT2D eigenvalue weighted by atomic mass is 9.67. The molecule has 0 aliphatic rings. The largest absolute Gasteiger partial charge is 0.416 e. The number of hydrogen-bond donors (Lipinski definition) is 3. The number of aliphatic hydroxyl groups excluding tert-OH is 1. The molecule has 0 saturated carbocycles. The van der Waals surface area contributed by atoms with E-state index in [0.717, 1.165) is 17.0 Å². The minimum atomic E-state index is -4.77. The molecular weight excluding hydrogens is 575 g/mol. The van der Waals surface area contributed by atoms with Gasteiger partial charge in [0.05, 0.1) is 30.5 Å². The van der Waals surface area contributed by atoms with Crippen LogP contribution in [0.1, 0.15) is 38.9 Å². The third-order valence-corrected chi connectivity index (χ3v) is 7.93. The van der Waals surface area contributed by atoms with Crippen molar-refractivity contribution in [1.82, 2.24) is 14.9 Å². The predicted octanol–water partition coefficient (Wildman–Crippen LogP) is 3.22. The van der Waals surface area contributed by atoms with E-state index in [1.54, 1.807) is 50.7 Å². The Hall–Kier alpha value is -3.35.